The molecule has 4 atom stereocenters. The van der Waals surface area contributed by atoms with Crippen LogP contribution in [0.5, 0.6) is 0 Å². The molecule has 0 unspecified atom stereocenters. The number of fused-ring (bicyclic) bond motifs is 6. The van der Waals surface area contributed by atoms with Crippen LogP contribution in [0, 0.1) is 0 Å². The van der Waals surface area contributed by atoms with Gasteiger partial charge in [0.1, 0.15) is 6.23 Å². The third-order valence-electron chi connectivity index (χ3n) is 8.85. The van der Waals surface area contributed by atoms with E-state index in [0.29, 0.717) is 23.4 Å². The van der Waals surface area contributed by atoms with Crippen molar-refractivity contribution in [2.75, 3.05) is 6.61 Å². The van der Waals surface area contributed by atoms with Gasteiger partial charge in [0.2, 0.25) is 0 Å². The van der Waals surface area contributed by atoms with Crippen LogP contribution in [0.25, 0.3) is 10.9 Å². The summed E-state index contributed by atoms with van der Waals surface area (Å²) in [6.07, 6.45) is 4.54. The maximum absolute atomic E-state index is 13.9. The maximum Gasteiger partial charge on any atom is 0.333 e. The Labute approximate surface area is 246 Å². The zero-order valence-electron chi connectivity index (χ0n) is 23.9. The monoisotopic (exact) mass is 582 g/mol. The average molecular weight is 583 g/mol. The lowest BCUT2D eigenvalue weighted by molar-refractivity contribution is -0.139. The number of nitrogens with zero attached hydrogens (tertiary/aromatic N) is 2. The predicted molar refractivity (Wildman–Crippen MR) is 161 cm³/mol. The van der Waals surface area contributed by atoms with Crippen molar-refractivity contribution in [1.82, 2.24) is 8.87 Å². The highest BCUT2D eigenvalue weighted by Crippen LogP contribution is 2.54. The summed E-state index contributed by atoms with van der Waals surface area (Å²) in [5.41, 5.74) is 5.87. The molecule has 0 N–H and O–H groups in total. The molecule has 0 bridgehead atoms. The van der Waals surface area contributed by atoms with E-state index < -0.39 is 16.1 Å². The van der Waals surface area contributed by atoms with Crippen molar-refractivity contribution < 1.29 is 22.7 Å². The lowest BCUT2D eigenvalue weighted by Crippen LogP contribution is -2.40. The Morgan fingerprint density at radius 3 is 2.52 bits per heavy atom. The number of aromatic nitrogens is 1. The van der Waals surface area contributed by atoms with Crippen LogP contribution in [0.4, 0.5) is 0 Å². The number of rotatable bonds is 6. The van der Waals surface area contributed by atoms with Crippen molar-refractivity contribution in [3.63, 3.8) is 0 Å². The highest BCUT2D eigenvalue weighted by Gasteiger charge is 2.53. The number of para-hydroxylation sites is 1. The summed E-state index contributed by atoms with van der Waals surface area (Å²) < 4.78 is 41.4. The number of esters is 1. The fourth-order valence-electron chi connectivity index (χ4n) is 7.08. The SMILES string of the molecule is CCOC(=O)C1=C[C@@H](c2cn(S(=O)(=O)c3ccccc3)c3ccccc23)N2[C@@H](C1)O[C@@H]1Cc3cccc(C(C)C)c3[C@@H]12. The first-order valence-electron chi connectivity index (χ1n) is 14.6. The van der Waals surface area contributed by atoms with E-state index in [0.717, 1.165) is 17.4 Å². The van der Waals surface area contributed by atoms with Crippen molar-refractivity contribution in [3.8, 4) is 0 Å². The van der Waals surface area contributed by atoms with Gasteiger partial charge in [-0.25, -0.2) is 17.2 Å². The molecule has 7 rings (SSSR count). The minimum Gasteiger partial charge on any atom is -0.463 e. The van der Waals surface area contributed by atoms with E-state index in [1.165, 1.54) is 20.7 Å². The van der Waals surface area contributed by atoms with Crippen LogP contribution >= 0.6 is 0 Å². The summed E-state index contributed by atoms with van der Waals surface area (Å²) in [4.78, 5) is 15.7. The largest absolute Gasteiger partial charge is 0.463 e. The van der Waals surface area contributed by atoms with Crippen molar-refractivity contribution in [2.45, 2.75) is 68.8 Å². The number of ether oxygens (including phenoxy) is 2. The Morgan fingerprint density at radius 2 is 1.76 bits per heavy atom. The first kappa shape index (κ1) is 27.1. The maximum atomic E-state index is 13.9. The summed E-state index contributed by atoms with van der Waals surface area (Å²) in [6, 6.07) is 22.2. The Morgan fingerprint density at radius 1 is 1.00 bits per heavy atom. The molecule has 2 aliphatic heterocycles. The van der Waals surface area contributed by atoms with Gasteiger partial charge in [-0.05, 0) is 47.7 Å². The van der Waals surface area contributed by atoms with Gasteiger partial charge in [-0.15, -0.1) is 0 Å². The molecule has 1 fully saturated rings. The highest BCUT2D eigenvalue weighted by atomic mass is 32.2. The molecule has 7 nitrogen and oxygen atoms in total. The molecule has 3 aromatic carbocycles. The molecule has 0 radical (unpaired) electrons. The van der Waals surface area contributed by atoms with E-state index in [4.69, 9.17) is 9.47 Å². The molecule has 3 aliphatic rings. The topological polar surface area (TPSA) is 77.8 Å². The summed E-state index contributed by atoms with van der Waals surface area (Å²) in [6.45, 7) is 6.50. The third-order valence-corrected chi connectivity index (χ3v) is 10.5. The van der Waals surface area contributed by atoms with E-state index in [2.05, 4.69) is 36.9 Å². The van der Waals surface area contributed by atoms with E-state index in [-0.39, 0.29) is 35.8 Å². The van der Waals surface area contributed by atoms with E-state index in [1.54, 1.807) is 43.5 Å². The highest BCUT2D eigenvalue weighted by molar-refractivity contribution is 7.90. The molecule has 0 spiro atoms. The summed E-state index contributed by atoms with van der Waals surface area (Å²) in [5.74, 6) is -0.0173. The molecule has 216 valence electrons. The number of benzene rings is 3. The molecule has 0 amide bonds. The molecule has 8 heteroatoms. The lowest BCUT2D eigenvalue weighted by Gasteiger charge is -2.38. The minimum atomic E-state index is -3.87. The van der Waals surface area contributed by atoms with Gasteiger partial charge in [-0.1, -0.05) is 74.5 Å². The number of carbonyl (C=O) groups is 1. The summed E-state index contributed by atoms with van der Waals surface area (Å²) >= 11 is 0. The predicted octanol–water partition coefficient (Wildman–Crippen LogP) is 6.26. The summed E-state index contributed by atoms with van der Waals surface area (Å²) in [7, 11) is -3.87. The Kier molecular flexibility index (Phi) is 6.60. The van der Waals surface area contributed by atoms with Crippen LogP contribution in [0.3, 0.4) is 0 Å². The van der Waals surface area contributed by atoms with Gasteiger partial charge < -0.3 is 9.47 Å². The van der Waals surface area contributed by atoms with E-state index >= 15 is 0 Å². The molecular weight excluding hydrogens is 548 g/mol. The van der Waals surface area contributed by atoms with E-state index in [9.17, 15) is 13.2 Å². The summed E-state index contributed by atoms with van der Waals surface area (Å²) in [5, 5.41) is 0.820. The molecule has 1 aliphatic carbocycles. The van der Waals surface area contributed by atoms with Crippen molar-refractivity contribution in [3.05, 3.63) is 113 Å². The van der Waals surface area contributed by atoms with Gasteiger partial charge in [0.05, 0.1) is 35.2 Å². The molecule has 4 aromatic rings. The first-order chi connectivity index (χ1) is 20.3. The van der Waals surface area contributed by atoms with Gasteiger partial charge in [0.25, 0.3) is 10.0 Å². The number of hydrogen-bond acceptors (Lipinski definition) is 6. The van der Waals surface area contributed by atoms with Crippen LogP contribution < -0.4 is 0 Å². The van der Waals surface area contributed by atoms with Gasteiger partial charge in [0, 0.05) is 35.6 Å². The van der Waals surface area contributed by atoms with Crippen LogP contribution in [0.2, 0.25) is 0 Å². The Bertz CT molecular complexity index is 1830. The second kappa shape index (κ2) is 10.2. The van der Waals surface area contributed by atoms with Gasteiger partial charge in [0.15, 0.2) is 0 Å². The molecular formula is C34H34N2O5S. The smallest absolute Gasteiger partial charge is 0.333 e. The molecule has 1 aromatic heterocycles. The van der Waals surface area contributed by atoms with Crippen LogP contribution in [-0.4, -0.2) is 42.2 Å². The zero-order chi connectivity index (χ0) is 29.2. The zero-order valence-corrected chi connectivity index (χ0v) is 24.8. The standard InChI is InChI=1S/C34H34N2O5S/c1-4-40-34(37)23-17-29(36-31(19-23)41-30-18-22-11-10-15-25(21(2)3)32(22)33(30)36)27-20-35(28-16-9-8-14-26(27)28)42(38,39)24-12-6-5-7-13-24/h5-17,20-21,29-31,33H,4,18-19H2,1-3H3/t29-,30+,31+,33+/m0/s1. The molecule has 1 saturated heterocycles. The first-order valence-corrected chi connectivity index (χ1v) is 16.1. The van der Waals surface area contributed by atoms with E-state index in [1.807, 2.05) is 30.3 Å². The van der Waals surface area contributed by atoms with Crippen molar-refractivity contribution in [1.29, 1.82) is 0 Å². The fourth-order valence-corrected chi connectivity index (χ4v) is 8.48. The van der Waals surface area contributed by atoms with Crippen LogP contribution in [-0.2, 0) is 30.7 Å². The normalized spacial score (nSPS) is 23.5. The lowest BCUT2D eigenvalue weighted by atomic mass is 9.89. The number of hydrogen-bond donors (Lipinski definition) is 0. The average Bonchev–Trinajstić information content (AvgIpc) is 3.67. The van der Waals surface area contributed by atoms with Gasteiger partial charge in [-0.3, -0.25) is 4.90 Å². The number of carbonyl (C=O) groups excluding carboxylic acids is 1. The molecule has 0 saturated carbocycles. The Balaban J connectivity index is 1.43. The van der Waals surface area contributed by atoms with Crippen LogP contribution in [0.15, 0.2) is 95.5 Å². The van der Waals surface area contributed by atoms with Gasteiger partial charge >= 0.3 is 5.97 Å². The van der Waals surface area contributed by atoms with Crippen LogP contribution in [0.1, 0.15) is 67.4 Å². The minimum absolute atomic E-state index is 0.0126. The van der Waals surface area contributed by atoms with Gasteiger partial charge in [-0.2, -0.15) is 0 Å². The second-order valence-corrected chi connectivity index (χ2v) is 13.4. The fraction of sp³-hybridized carbons (Fsp3) is 0.324. The molecule has 3 heterocycles. The Hall–Kier alpha value is -3.72. The second-order valence-electron chi connectivity index (χ2n) is 11.6. The van der Waals surface area contributed by atoms with Crippen molar-refractivity contribution in [2.24, 2.45) is 0 Å². The van der Waals surface area contributed by atoms with Crippen molar-refractivity contribution >= 4 is 26.9 Å². The third kappa shape index (κ3) is 4.15. The quantitative estimate of drug-likeness (QED) is 0.250. The molecule has 42 heavy (non-hydrogen) atoms.